The molecule has 1 aromatic rings. The summed E-state index contributed by atoms with van der Waals surface area (Å²) in [5, 5.41) is 0. The minimum absolute atomic E-state index is 0. The van der Waals surface area contributed by atoms with Gasteiger partial charge in [0, 0.05) is 0 Å². The Morgan fingerprint density at radius 1 is 1.19 bits per heavy atom. The second kappa shape index (κ2) is 8.88. The Hall–Kier alpha value is 0.391. The number of halogens is 4. The molecule has 0 unspecified atom stereocenters. The first-order valence-electron chi connectivity index (χ1n) is 5.98. The van der Waals surface area contributed by atoms with Gasteiger partial charge in [-0.1, -0.05) is 13.0 Å². The van der Waals surface area contributed by atoms with E-state index in [-0.39, 0.29) is 69.5 Å². The molecule has 0 amide bonds. The summed E-state index contributed by atoms with van der Waals surface area (Å²) < 4.78 is 78.4. The van der Waals surface area contributed by atoms with Crippen molar-refractivity contribution in [3.05, 3.63) is 24.0 Å². The predicted octanol–water partition coefficient (Wildman–Crippen LogP) is -0.912. The number of ether oxygens (including phenoxy) is 1. The van der Waals surface area contributed by atoms with Crippen molar-refractivity contribution < 1.29 is 81.9 Å². The third-order valence-electron chi connectivity index (χ3n) is 2.50. The first kappa shape index (κ1) is 21.4. The van der Waals surface area contributed by atoms with E-state index in [1.165, 1.54) is 0 Å². The molecular formula is C11H14BF4KO3S. The fourth-order valence-electron chi connectivity index (χ4n) is 1.53. The summed E-state index contributed by atoms with van der Waals surface area (Å²) >= 11 is 0. The van der Waals surface area contributed by atoms with Gasteiger partial charge in [-0.15, -0.1) is 5.46 Å². The molecule has 0 heterocycles. The van der Waals surface area contributed by atoms with Crippen molar-refractivity contribution in [1.29, 1.82) is 0 Å². The Balaban J connectivity index is 0.00000400. The fraction of sp³-hybridized carbons (Fsp3) is 0.455. The van der Waals surface area contributed by atoms with E-state index >= 15 is 0 Å². The minimum Gasteiger partial charge on any atom is -0.490 e. The normalized spacial score (nSPS) is 11.9. The Morgan fingerprint density at radius 2 is 1.81 bits per heavy atom. The second-order valence-electron chi connectivity index (χ2n) is 4.26. The molecule has 21 heavy (non-hydrogen) atoms. The van der Waals surface area contributed by atoms with E-state index in [2.05, 4.69) is 0 Å². The number of benzene rings is 1. The van der Waals surface area contributed by atoms with Crippen LogP contribution in [0.15, 0.2) is 18.2 Å². The van der Waals surface area contributed by atoms with Crippen LogP contribution in [0.25, 0.3) is 0 Å². The zero-order valence-corrected chi connectivity index (χ0v) is 15.7. The topological polar surface area (TPSA) is 43.4 Å². The van der Waals surface area contributed by atoms with E-state index in [1.54, 1.807) is 6.92 Å². The molecule has 114 valence electrons. The van der Waals surface area contributed by atoms with Crippen LogP contribution in [0, 0.1) is 5.82 Å². The van der Waals surface area contributed by atoms with Crippen molar-refractivity contribution >= 4 is 22.3 Å². The molecule has 0 aliphatic carbocycles. The van der Waals surface area contributed by atoms with Crippen LogP contribution >= 0.6 is 0 Å². The van der Waals surface area contributed by atoms with Gasteiger partial charge >= 0.3 is 58.4 Å². The van der Waals surface area contributed by atoms with E-state index in [0.717, 1.165) is 0 Å². The van der Waals surface area contributed by atoms with E-state index in [4.69, 9.17) is 4.74 Å². The van der Waals surface area contributed by atoms with Gasteiger partial charge in [0.15, 0.2) is 21.4 Å². The molecule has 0 radical (unpaired) electrons. The monoisotopic (exact) mass is 352 g/mol. The van der Waals surface area contributed by atoms with Crippen LogP contribution in [-0.4, -0.2) is 33.5 Å². The summed E-state index contributed by atoms with van der Waals surface area (Å²) in [7, 11) is -3.32. The van der Waals surface area contributed by atoms with Gasteiger partial charge in [0.05, 0.1) is 11.5 Å². The van der Waals surface area contributed by atoms with E-state index in [1.807, 2.05) is 0 Å². The predicted molar refractivity (Wildman–Crippen MR) is 69.6 cm³/mol. The summed E-state index contributed by atoms with van der Waals surface area (Å²) in [6.45, 7) is -3.95. The van der Waals surface area contributed by atoms with Crippen LogP contribution in [0.2, 0.25) is 0 Å². The van der Waals surface area contributed by atoms with Crippen molar-refractivity contribution in [2.24, 2.45) is 0 Å². The van der Waals surface area contributed by atoms with Crippen LogP contribution in [-0.2, 0) is 9.84 Å². The van der Waals surface area contributed by atoms with Crippen LogP contribution in [0.1, 0.15) is 13.3 Å². The second-order valence-corrected chi connectivity index (χ2v) is 6.57. The number of rotatable bonds is 7. The smallest absolute Gasteiger partial charge is 0.490 e. The Labute approximate surface area is 163 Å². The minimum atomic E-state index is -5.25. The summed E-state index contributed by atoms with van der Waals surface area (Å²) in [6.07, 6.45) is 0.433. The molecule has 1 aromatic carbocycles. The molecule has 0 atom stereocenters. The number of hydrogen-bond donors (Lipinski definition) is 0. The summed E-state index contributed by atoms with van der Waals surface area (Å²) in [6, 6.07) is 1.82. The summed E-state index contributed by atoms with van der Waals surface area (Å²) in [5.74, 6) is -1.94. The fourth-order valence-corrected chi connectivity index (χ4v) is 2.69. The molecule has 0 spiro atoms. The number of sulfone groups is 1. The average molecular weight is 352 g/mol. The van der Waals surface area contributed by atoms with Gasteiger partial charge in [-0.25, -0.2) is 12.8 Å². The van der Waals surface area contributed by atoms with Crippen molar-refractivity contribution in [3.63, 3.8) is 0 Å². The van der Waals surface area contributed by atoms with E-state index < -0.39 is 33.8 Å². The molecule has 0 aromatic heterocycles. The van der Waals surface area contributed by atoms with E-state index in [9.17, 15) is 25.8 Å². The summed E-state index contributed by atoms with van der Waals surface area (Å²) in [5.41, 5.74) is -0.988. The molecule has 10 heteroatoms. The molecule has 0 aliphatic heterocycles. The van der Waals surface area contributed by atoms with Gasteiger partial charge in [0.25, 0.3) is 0 Å². The number of hydrogen-bond acceptors (Lipinski definition) is 3. The van der Waals surface area contributed by atoms with Gasteiger partial charge in [-0.05, 0) is 18.6 Å². The van der Waals surface area contributed by atoms with Gasteiger partial charge in [-0.3, -0.25) is 0 Å². The van der Waals surface area contributed by atoms with E-state index in [0.29, 0.717) is 24.6 Å². The Bertz CT molecular complexity index is 563. The zero-order chi connectivity index (χ0) is 15.4. The molecule has 0 saturated heterocycles. The standard InChI is InChI=1S/C11H14BF4O3S.K/c1-2-6-20(17,18)7-5-19-11-8-9(12(14,15)16)3-4-10(11)13;/h3-4,8H,2,5-7H2,1H3;/q-1;+1. The molecular weight excluding hydrogens is 338 g/mol. The SMILES string of the molecule is CCCS(=O)(=O)CCOc1cc([B-](F)(F)F)ccc1F.[K+]. The maximum Gasteiger partial charge on any atom is 1.00 e. The molecule has 0 N–H and O–H groups in total. The molecule has 0 bridgehead atoms. The van der Waals surface area contributed by atoms with Gasteiger partial charge in [0.2, 0.25) is 0 Å². The zero-order valence-electron chi connectivity index (χ0n) is 11.8. The van der Waals surface area contributed by atoms with Crippen LogP contribution in [0.4, 0.5) is 17.3 Å². The average Bonchev–Trinajstić information content (AvgIpc) is 2.29. The third-order valence-corrected chi connectivity index (χ3v) is 4.32. The molecule has 3 nitrogen and oxygen atoms in total. The Kier molecular flexibility index (Phi) is 9.04. The van der Waals surface area contributed by atoms with Crippen LogP contribution in [0.3, 0.4) is 0 Å². The van der Waals surface area contributed by atoms with Crippen molar-refractivity contribution in [2.45, 2.75) is 13.3 Å². The first-order chi connectivity index (χ1) is 9.15. The summed E-state index contributed by atoms with van der Waals surface area (Å²) in [4.78, 5) is 0. The van der Waals surface area contributed by atoms with Gasteiger partial charge in [-0.2, -0.15) is 0 Å². The molecule has 0 fully saturated rings. The van der Waals surface area contributed by atoms with Gasteiger partial charge < -0.3 is 17.7 Å². The van der Waals surface area contributed by atoms with Crippen LogP contribution in [0.5, 0.6) is 5.75 Å². The van der Waals surface area contributed by atoms with Crippen molar-refractivity contribution in [3.8, 4) is 5.75 Å². The quantitative estimate of drug-likeness (QED) is 0.471. The Morgan fingerprint density at radius 3 is 2.33 bits per heavy atom. The largest absolute Gasteiger partial charge is 1.00 e. The molecule has 0 saturated carbocycles. The van der Waals surface area contributed by atoms with Gasteiger partial charge in [0.1, 0.15) is 6.61 Å². The first-order valence-corrected chi connectivity index (χ1v) is 7.80. The molecule has 0 aliphatic rings. The van der Waals surface area contributed by atoms with Crippen molar-refractivity contribution in [2.75, 3.05) is 18.1 Å². The van der Waals surface area contributed by atoms with Crippen LogP contribution < -0.4 is 61.6 Å². The third kappa shape index (κ3) is 7.47. The maximum absolute atomic E-state index is 13.3. The maximum atomic E-state index is 13.3. The van der Waals surface area contributed by atoms with Crippen molar-refractivity contribution in [1.82, 2.24) is 0 Å². The molecule has 1 rings (SSSR count).